The number of thioether (sulfide) groups is 1. The molecule has 1 aliphatic heterocycles. The quantitative estimate of drug-likeness (QED) is 0.624. The molecule has 0 radical (unpaired) electrons. The minimum absolute atomic E-state index is 0.0868. The summed E-state index contributed by atoms with van der Waals surface area (Å²) in [6.45, 7) is 9.17. The van der Waals surface area contributed by atoms with Crippen LogP contribution in [0.15, 0.2) is 5.03 Å². The van der Waals surface area contributed by atoms with Crippen LogP contribution in [0.25, 0.3) is 0 Å². The number of nitrogens with zero attached hydrogens (tertiary/aromatic N) is 2. The van der Waals surface area contributed by atoms with Gasteiger partial charge in [0.25, 0.3) is 0 Å². The molecule has 1 fully saturated rings. The maximum absolute atomic E-state index is 6.22. The third kappa shape index (κ3) is 3.83. The molecule has 1 aliphatic rings. The Balaban J connectivity index is 2.16. The maximum atomic E-state index is 6.22. The first-order chi connectivity index (χ1) is 8.88. The molecule has 0 aromatic carbocycles. The first kappa shape index (κ1) is 15.1. The first-order valence-corrected chi connectivity index (χ1v) is 8.03. The van der Waals surface area contributed by atoms with Crippen molar-refractivity contribution in [3.8, 4) is 0 Å². The Kier molecular flexibility index (Phi) is 4.75. The standard InChI is InChI=1S/C14H21ClN2OS/c1-9-11(15)16-13(14(2,3)4)17-12(9)19-8-10-6-5-7-18-10/h10H,5-8H2,1-4H3. The molecule has 0 aliphatic carbocycles. The number of rotatable bonds is 3. The van der Waals surface area contributed by atoms with Gasteiger partial charge in [-0.05, 0) is 19.8 Å². The van der Waals surface area contributed by atoms with Crippen molar-refractivity contribution in [1.82, 2.24) is 9.97 Å². The molecule has 0 spiro atoms. The van der Waals surface area contributed by atoms with E-state index in [2.05, 4.69) is 30.7 Å². The Morgan fingerprint density at radius 1 is 1.37 bits per heavy atom. The van der Waals surface area contributed by atoms with E-state index in [4.69, 9.17) is 16.3 Å². The van der Waals surface area contributed by atoms with Crippen LogP contribution < -0.4 is 0 Å². The van der Waals surface area contributed by atoms with Crippen LogP contribution in [0.2, 0.25) is 5.15 Å². The summed E-state index contributed by atoms with van der Waals surface area (Å²) in [5.74, 6) is 1.75. The van der Waals surface area contributed by atoms with E-state index in [1.807, 2.05) is 6.92 Å². The molecule has 3 nitrogen and oxygen atoms in total. The molecule has 2 heterocycles. The highest BCUT2D eigenvalue weighted by atomic mass is 35.5. The van der Waals surface area contributed by atoms with E-state index >= 15 is 0 Å². The van der Waals surface area contributed by atoms with E-state index in [-0.39, 0.29) is 5.41 Å². The number of hydrogen-bond donors (Lipinski definition) is 0. The smallest absolute Gasteiger partial charge is 0.136 e. The number of hydrogen-bond acceptors (Lipinski definition) is 4. The molecule has 5 heteroatoms. The topological polar surface area (TPSA) is 35.0 Å². The highest BCUT2D eigenvalue weighted by Crippen LogP contribution is 2.30. The number of ether oxygens (including phenoxy) is 1. The average Bonchev–Trinajstić information content (AvgIpc) is 2.82. The van der Waals surface area contributed by atoms with Gasteiger partial charge >= 0.3 is 0 Å². The predicted octanol–water partition coefficient (Wildman–Crippen LogP) is 4.01. The molecular formula is C14H21ClN2OS. The van der Waals surface area contributed by atoms with E-state index < -0.39 is 0 Å². The normalized spacial score (nSPS) is 19.9. The summed E-state index contributed by atoms with van der Waals surface area (Å²) in [7, 11) is 0. The Labute approximate surface area is 124 Å². The van der Waals surface area contributed by atoms with Gasteiger partial charge in [0.1, 0.15) is 16.0 Å². The zero-order chi connectivity index (χ0) is 14.0. The Hall–Kier alpha value is -0.320. The number of aromatic nitrogens is 2. The second kappa shape index (κ2) is 5.98. The lowest BCUT2D eigenvalue weighted by Gasteiger charge is -2.19. The molecule has 0 saturated carbocycles. The summed E-state index contributed by atoms with van der Waals surface area (Å²) in [4.78, 5) is 9.07. The minimum atomic E-state index is -0.0868. The molecule has 0 bridgehead atoms. The predicted molar refractivity (Wildman–Crippen MR) is 80.2 cm³/mol. The van der Waals surface area contributed by atoms with E-state index in [9.17, 15) is 0 Å². The van der Waals surface area contributed by atoms with Gasteiger partial charge in [-0.3, -0.25) is 0 Å². The molecule has 1 saturated heterocycles. The molecule has 1 aromatic heterocycles. The van der Waals surface area contributed by atoms with Crippen LogP contribution in [0.3, 0.4) is 0 Å². The van der Waals surface area contributed by atoms with Crippen molar-refractivity contribution in [1.29, 1.82) is 0 Å². The summed E-state index contributed by atoms with van der Waals surface area (Å²) < 4.78 is 5.65. The summed E-state index contributed by atoms with van der Waals surface area (Å²) >= 11 is 7.95. The molecular weight excluding hydrogens is 280 g/mol. The highest BCUT2D eigenvalue weighted by molar-refractivity contribution is 7.99. The van der Waals surface area contributed by atoms with Gasteiger partial charge in [0.05, 0.1) is 6.10 Å². The summed E-state index contributed by atoms with van der Waals surface area (Å²) in [6, 6.07) is 0. The molecule has 2 rings (SSSR count). The molecule has 19 heavy (non-hydrogen) atoms. The van der Waals surface area contributed by atoms with Gasteiger partial charge in [-0.2, -0.15) is 0 Å². The van der Waals surface area contributed by atoms with E-state index in [0.29, 0.717) is 11.3 Å². The highest BCUT2D eigenvalue weighted by Gasteiger charge is 2.22. The fourth-order valence-electron chi connectivity index (χ4n) is 1.89. The van der Waals surface area contributed by atoms with Gasteiger partial charge in [-0.1, -0.05) is 32.4 Å². The molecule has 0 N–H and O–H groups in total. The molecule has 0 amide bonds. The van der Waals surface area contributed by atoms with Crippen molar-refractivity contribution < 1.29 is 4.74 Å². The SMILES string of the molecule is Cc1c(Cl)nc(C(C)(C)C)nc1SCC1CCCO1. The lowest BCUT2D eigenvalue weighted by molar-refractivity contribution is 0.129. The summed E-state index contributed by atoms with van der Waals surface area (Å²) in [5, 5.41) is 1.55. The largest absolute Gasteiger partial charge is 0.377 e. The van der Waals surface area contributed by atoms with Crippen molar-refractivity contribution in [3.63, 3.8) is 0 Å². The fraction of sp³-hybridized carbons (Fsp3) is 0.714. The lowest BCUT2D eigenvalue weighted by Crippen LogP contribution is -2.17. The second-order valence-corrected chi connectivity index (χ2v) is 7.33. The zero-order valence-electron chi connectivity index (χ0n) is 12.0. The van der Waals surface area contributed by atoms with Gasteiger partial charge in [-0.25, -0.2) is 9.97 Å². The van der Waals surface area contributed by atoms with Crippen LogP contribution in [0.5, 0.6) is 0 Å². The van der Waals surface area contributed by atoms with E-state index in [1.165, 1.54) is 6.42 Å². The Bertz CT molecular complexity index is 453. The van der Waals surface area contributed by atoms with Crippen LogP contribution in [0.1, 0.15) is 45.0 Å². The van der Waals surface area contributed by atoms with Crippen LogP contribution >= 0.6 is 23.4 Å². The van der Waals surface area contributed by atoms with Crippen LogP contribution in [-0.2, 0) is 10.2 Å². The van der Waals surface area contributed by atoms with Gasteiger partial charge in [0.2, 0.25) is 0 Å². The van der Waals surface area contributed by atoms with Crippen LogP contribution in [0, 0.1) is 6.92 Å². The van der Waals surface area contributed by atoms with E-state index in [0.717, 1.165) is 35.2 Å². The van der Waals surface area contributed by atoms with Gasteiger partial charge in [0.15, 0.2) is 0 Å². The lowest BCUT2D eigenvalue weighted by atomic mass is 9.96. The van der Waals surface area contributed by atoms with Gasteiger partial charge < -0.3 is 4.74 Å². The molecule has 1 aromatic rings. The van der Waals surface area contributed by atoms with Gasteiger partial charge in [-0.15, -0.1) is 11.8 Å². The molecule has 1 atom stereocenters. The van der Waals surface area contributed by atoms with Crippen LogP contribution in [-0.4, -0.2) is 28.4 Å². The average molecular weight is 301 g/mol. The van der Waals surface area contributed by atoms with Gasteiger partial charge in [0, 0.05) is 23.3 Å². The summed E-state index contributed by atoms with van der Waals surface area (Å²) in [5.41, 5.74) is 0.883. The Morgan fingerprint density at radius 3 is 2.68 bits per heavy atom. The van der Waals surface area contributed by atoms with Crippen molar-refractivity contribution >= 4 is 23.4 Å². The first-order valence-electron chi connectivity index (χ1n) is 6.67. The van der Waals surface area contributed by atoms with E-state index in [1.54, 1.807) is 11.8 Å². The second-order valence-electron chi connectivity index (χ2n) is 5.96. The third-order valence-corrected chi connectivity index (χ3v) is 4.72. The monoisotopic (exact) mass is 300 g/mol. The molecule has 1 unspecified atom stereocenters. The molecule has 106 valence electrons. The van der Waals surface area contributed by atoms with Crippen LogP contribution in [0.4, 0.5) is 0 Å². The summed E-state index contributed by atoms with van der Waals surface area (Å²) in [6.07, 6.45) is 2.68. The van der Waals surface area contributed by atoms with Crippen molar-refractivity contribution in [2.75, 3.05) is 12.4 Å². The van der Waals surface area contributed by atoms with Crippen molar-refractivity contribution in [3.05, 3.63) is 16.5 Å². The van der Waals surface area contributed by atoms with Crippen molar-refractivity contribution in [2.45, 2.75) is 57.1 Å². The third-order valence-electron chi connectivity index (χ3n) is 3.14. The maximum Gasteiger partial charge on any atom is 0.136 e. The number of halogens is 1. The minimum Gasteiger partial charge on any atom is -0.377 e. The zero-order valence-corrected chi connectivity index (χ0v) is 13.6. The fourth-order valence-corrected chi connectivity index (χ4v) is 3.19. The Morgan fingerprint density at radius 2 is 2.11 bits per heavy atom. The van der Waals surface area contributed by atoms with Crippen molar-refractivity contribution in [2.24, 2.45) is 0 Å².